The van der Waals surface area contributed by atoms with Gasteiger partial charge >= 0.3 is 0 Å². The first-order valence-electron chi connectivity index (χ1n) is 7.88. The van der Waals surface area contributed by atoms with Gasteiger partial charge in [0.15, 0.2) is 0 Å². The van der Waals surface area contributed by atoms with Crippen LogP contribution >= 0.6 is 0 Å². The molecule has 2 nitrogen and oxygen atoms in total. The average Bonchev–Trinajstić information content (AvgIpc) is 2.28. The van der Waals surface area contributed by atoms with Crippen molar-refractivity contribution in [2.45, 2.75) is 86.7 Å². The highest BCUT2D eigenvalue weighted by Crippen LogP contribution is 2.28. The van der Waals surface area contributed by atoms with Gasteiger partial charge in [-0.2, -0.15) is 0 Å². The lowest BCUT2D eigenvalue weighted by molar-refractivity contribution is -0.124. The van der Waals surface area contributed by atoms with Crippen LogP contribution in [0.4, 0.5) is 0 Å². The molecular weight excluding hydrogens is 248 g/mol. The van der Waals surface area contributed by atoms with Gasteiger partial charge in [-0.1, -0.05) is 34.1 Å². The molecule has 1 atom stereocenters. The van der Waals surface area contributed by atoms with Crippen molar-refractivity contribution in [2.75, 3.05) is 0 Å². The average molecular weight is 282 g/mol. The van der Waals surface area contributed by atoms with Gasteiger partial charge in [-0.3, -0.25) is 4.79 Å². The molecule has 0 N–H and O–H groups in total. The van der Waals surface area contributed by atoms with E-state index in [0.29, 0.717) is 12.2 Å². The Kier molecular flexibility index (Phi) is 7.54. The molecule has 1 unspecified atom stereocenters. The summed E-state index contributed by atoms with van der Waals surface area (Å²) in [6.07, 6.45) is 5.40. The van der Waals surface area contributed by atoms with Gasteiger partial charge in [0.25, 0.3) is 0 Å². The van der Waals surface area contributed by atoms with E-state index in [1.165, 1.54) is 0 Å². The molecule has 0 fully saturated rings. The predicted molar refractivity (Wildman–Crippen MR) is 86.7 cm³/mol. The molecule has 0 radical (unpaired) electrons. The van der Waals surface area contributed by atoms with E-state index in [-0.39, 0.29) is 16.9 Å². The Bertz CT molecular complexity index is 326. The number of Topliss-reactive ketones (excluding diaryl/α,β-unsaturated/α-hetero) is 1. The molecule has 0 saturated carbocycles. The maximum atomic E-state index is 12.5. The van der Waals surface area contributed by atoms with E-state index >= 15 is 0 Å². The number of ether oxygens (including phenoxy) is 1. The van der Waals surface area contributed by atoms with Crippen LogP contribution in [0.25, 0.3) is 0 Å². The molecule has 0 aromatic rings. The van der Waals surface area contributed by atoms with Gasteiger partial charge in [0.2, 0.25) is 0 Å². The Balaban J connectivity index is 4.88. The molecule has 118 valence electrons. The summed E-state index contributed by atoms with van der Waals surface area (Å²) < 4.78 is 6.00. The molecular formula is C18H34O2. The summed E-state index contributed by atoms with van der Waals surface area (Å²) in [5, 5.41) is 0. The Morgan fingerprint density at radius 1 is 1.15 bits per heavy atom. The van der Waals surface area contributed by atoms with E-state index in [2.05, 4.69) is 27.7 Å². The normalized spacial score (nSPS) is 15.1. The van der Waals surface area contributed by atoms with Gasteiger partial charge in [0, 0.05) is 6.42 Å². The third-order valence-corrected chi connectivity index (χ3v) is 3.14. The van der Waals surface area contributed by atoms with Gasteiger partial charge in [-0.15, -0.1) is 0 Å². The SMILES string of the molecule is CC=C(OC(C)(C)C)C(CCC)C(=O)CCC(C)(C)C. The first-order chi connectivity index (χ1) is 9.00. The third kappa shape index (κ3) is 8.39. The van der Waals surface area contributed by atoms with Crippen LogP contribution in [0, 0.1) is 11.3 Å². The lowest BCUT2D eigenvalue weighted by Crippen LogP contribution is -2.26. The maximum absolute atomic E-state index is 12.5. The highest BCUT2D eigenvalue weighted by molar-refractivity contribution is 5.83. The van der Waals surface area contributed by atoms with E-state index < -0.39 is 0 Å². The minimum atomic E-state index is -0.252. The Labute approximate surface area is 126 Å². The fourth-order valence-electron chi connectivity index (χ4n) is 2.11. The minimum absolute atomic E-state index is 0.0772. The molecule has 0 bridgehead atoms. The van der Waals surface area contributed by atoms with Gasteiger partial charge in [-0.25, -0.2) is 0 Å². The van der Waals surface area contributed by atoms with Crippen LogP contribution in [0.3, 0.4) is 0 Å². The number of hydrogen-bond acceptors (Lipinski definition) is 2. The summed E-state index contributed by atoms with van der Waals surface area (Å²) in [5.74, 6) is 1.09. The first-order valence-corrected chi connectivity index (χ1v) is 7.88. The topological polar surface area (TPSA) is 26.3 Å². The zero-order valence-electron chi connectivity index (χ0n) is 14.8. The van der Waals surface area contributed by atoms with Gasteiger partial charge in [-0.05, 0) is 52.0 Å². The van der Waals surface area contributed by atoms with Crippen LogP contribution in [-0.2, 0) is 9.53 Å². The number of ketones is 1. The lowest BCUT2D eigenvalue weighted by Gasteiger charge is -2.28. The van der Waals surface area contributed by atoms with E-state index in [4.69, 9.17) is 4.74 Å². The van der Waals surface area contributed by atoms with E-state index in [0.717, 1.165) is 25.0 Å². The van der Waals surface area contributed by atoms with Crippen LogP contribution in [-0.4, -0.2) is 11.4 Å². The molecule has 0 spiro atoms. The number of carbonyl (C=O) groups is 1. The summed E-state index contributed by atoms with van der Waals surface area (Å²) in [6.45, 7) is 16.7. The van der Waals surface area contributed by atoms with Crippen LogP contribution in [0.2, 0.25) is 0 Å². The molecule has 0 rings (SSSR count). The zero-order chi connectivity index (χ0) is 16.0. The molecule has 0 saturated heterocycles. The highest BCUT2D eigenvalue weighted by Gasteiger charge is 2.27. The van der Waals surface area contributed by atoms with Gasteiger partial charge < -0.3 is 4.74 Å². The van der Waals surface area contributed by atoms with Crippen LogP contribution in [0.1, 0.15) is 81.1 Å². The molecule has 0 heterocycles. The quantitative estimate of drug-likeness (QED) is 0.575. The highest BCUT2D eigenvalue weighted by atomic mass is 16.5. The molecule has 0 aliphatic rings. The van der Waals surface area contributed by atoms with Gasteiger partial charge in [0.05, 0.1) is 5.92 Å². The molecule has 0 amide bonds. The minimum Gasteiger partial charge on any atom is -0.492 e. The van der Waals surface area contributed by atoms with Crippen molar-refractivity contribution >= 4 is 5.78 Å². The van der Waals surface area contributed by atoms with Crippen molar-refractivity contribution < 1.29 is 9.53 Å². The lowest BCUT2D eigenvalue weighted by atomic mass is 9.85. The number of rotatable bonds is 7. The second-order valence-electron chi connectivity index (χ2n) is 7.77. The second kappa shape index (κ2) is 7.85. The van der Waals surface area contributed by atoms with Crippen molar-refractivity contribution in [3.63, 3.8) is 0 Å². The number of allylic oxidation sites excluding steroid dienone is 2. The van der Waals surface area contributed by atoms with Crippen molar-refractivity contribution in [1.82, 2.24) is 0 Å². The summed E-state index contributed by atoms with van der Waals surface area (Å²) in [6, 6.07) is 0. The summed E-state index contributed by atoms with van der Waals surface area (Å²) in [7, 11) is 0. The van der Waals surface area contributed by atoms with Crippen molar-refractivity contribution in [3.05, 3.63) is 11.8 Å². The fourth-order valence-corrected chi connectivity index (χ4v) is 2.11. The largest absolute Gasteiger partial charge is 0.492 e. The van der Waals surface area contributed by atoms with E-state index in [1.54, 1.807) is 0 Å². The fraction of sp³-hybridized carbons (Fsp3) is 0.833. The standard InChI is InChI=1S/C18H34O2/c1-9-11-14(15(19)12-13-17(3,4)5)16(10-2)20-18(6,7)8/h10,14H,9,11-13H2,1-8H3. The van der Waals surface area contributed by atoms with Crippen molar-refractivity contribution in [2.24, 2.45) is 11.3 Å². The first kappa shape index (κ1) is 19.2. The number of carbonyl (C=O) groups excluding carboxylic acids is 1. The zero-order valence-corrected chi connectivity index (χ0v) is 14.8. The van der Waals surface area contributed by atoms with E-state index in [1.807, 2.05) is 33.8 Å². The number of hydrogen-bond donors (Lipinski definition) is 0. The van der Waals surface area contributed by atoms with Crippen LogP contribution in [0.15, 0.2) is 11.8 Å². The van der Waals surface area contributed by atoms with Crippen LogP contribution in [0.5, 0.6) is 0 Å². The van der Waals surface area contributed by atoms with Gasteiger partial charge in [0.1, 0.15) is 17.1 Å². The summed E-state index contributed by atoms with van der Waals surface area (Å²) in [5.41, 5.74) is -0.0501. The Morgan fingerprint density at radius 3 is 2.05 bits per heavy atom. The monoisotopic (exact) mass is 282 g/mol. The molecule has 2 heteroatoms. The van der Waals surface area contributed by atoms with Crippen molar-refractivity contribution in [1.29, 1.82) is 0 Å². The molecule has 0 aromatic carbocycles. The second-order valence-corrected chi connectivity index (χ2v) is 7.77. The predicted octanol–water partition coefficient (Wildman–Crippen LogP) is 5.52. The summed E-state index contributed by atoms with van der Waals surface area (Å²) in [4.78, 5) is 12.5. The van der Waals surface area contributed by atoms with Crippen LogP contribution < -0.4 is 0 Å². The molecule has 20 heavy (non-hydrogen) atoms. The molecule has 0 aliphatic carbocycles. The smallest absolute Gasteiger partial charge is 0.143 e. The maximum Gasteiger partial charge on any atom is 0.143 e. The Hall–Kier alpha value is -0.790. The molecule has 0 aromatic heterocycles. The van der Waals surface area contributed by atoms with E-state index in [9.17, 15) is 4.79 Å². The summed E-state index contributed by atoms with van der Waals surface area (Å²) >= 11 is 0. The third-order valence-electron chi connectivity index (χ3n) is 3.14. The molecule has 0 aliphatic heterocycles. The Morgan fingerprint density at radius 2 is 1.70 bits per heavy atom. The van der Waals surface area contributed by atoms with Crippen molar-refractivity contribution in [3.8, 4) is 0 Å².